The molecule has 0 bridgehead atoms. The van der Waals surface area contributed by atoms with Gasteiger partial charge >= 0.3 is 0 Å². The van der Waals surface area contributed by atoms with Gasteiger partial charge in [0.15, 0.2) is 0 Å². The molecule has 0 rings (SSSR count). The number of hydrogen-bond acceptors (Lipinski definition) is 1. The van der Waals surface area contributed by atoms with Gasteiger partial charge in [0.2, 0.25) is 0 Å². The van der Waals surface area contributed by atoms with Crippen molar-refractivity contribution in [2.24, 2.45) is 11.3 Å². The molecule has 0 aromatic carbocycles. The second-order valence-electron chi connectivity index (χ2n) is 5.74. The highest BCUT2D eigenvalue weighted by molar-refractivity contribution is 5.80. The summed E-state index contributed by atoms with van der Waals surface area (Å²) in [6.07, 6.45) is 5.59. The Hall–Kier alpha value is -0.330. The van der Waals surface area contributed by atoms with E-state index in [1.807, 2.05) is 13.8 Å². The summed E-state index contributed by atoms with van der Waals surface area (Å²) in [6, 6.07) is 0. The molecule has 0 aliphatic carbocycles. The Bertz CT molecular complexity index is 163. The Morgan fingerprint density at radius 3 is 2.07 bits per heavy atom. The quantitative estimate of drug-likeness (QED) is 0.584. The zero-order valence-corrected chi connectivity index (χ0v) is 10.5. The number of Topliss-reactive ketones (excluding diaryl/α,β-unsaturated/α-hetero) is 1. The highest BCUT2D eigenvalue weighted by Gasteiger charge is 2.10. The van der Waals surface area contributed by atoms with Crippen LogP contribution in [0.4, 0.5) is 0 Å². The summed E-state index contributed by atoms with van der Waals surface area (Å²) in [4.78, 5) is 11.3. The Labute approximate surface area is 89.3 Å². The third-order valence-electron chi connectivity index (χ3n) is 2.49. The number of ketones is 1. The summed E-state index contributed by atoms with van der Waals surface area (Å²) in [5.41, 5.74) is 0.446. The molecule has 84 valence electrons. The summed E-state index contributed by atoms with van der Waals surface area (Å²) >= 11 is 0. The van der Waals surface area contributed by atoms with Crippen molar-refractivity contribution >= 4 is 5.78 Å². The molecule has 0 aliphatic heterocycles. The summed E-state index contributed by atoms with van der Waals surface area (Å²) < 4.78 is 0. The van der Waals surface area contributed by atoms with Gasteiger partial charge in [-0.25, -0.2) is 0 Å². The van der Waals surface area contributed by atoms with Crippen LogP contribution in [0.25, 0.3) is 0 Å². The van der Waals surface area contributed by atoms with E-state index >= 15 is 0 Å². The van der Waals surface area contributed by atoms with Crippen molar-refractivity contribution in [3.05, 3.63) is 0 Å². The molecule has 0 amide bonds. The molecule has 0 heterocycles. The van der Waals surface area contributed by atoms with E-state index in [9.17, 15) is 4.79 Å². The normalized spacial score (nSPS) is 12.1. The van der Waals surface area contributed by atoms with Gasteiger partial charge in [0.05, 0.1) is 0 Å². The summed E-state index contributed by atoms with van der Waals surface area (Å²) in [5, 5.41) is 0. The van der Waals surface area contributed by atoms with Crippen LogP contribution < -0.4 is 0 Å². The second kappa shape index (κ2) is 6.21. The topological polar surface area (TPSA) is 17.1 Å². The summed E-state index contributed by atoms with van der Waals surface area (Å²) in [7, 11) is 0. The first kappa shape index (κ1) is 13.7. The van der Waals surface area contributed by atoms with Gasteiger partial charge in [-0.1, -0.05) is 47.5 Å². The van der Waals surface area contributed by atoms with Crippen molar-refractivity contribution in [1.29, 1.82) is 0 Å². The average Bonchev–Trinajstić information content (AvgIpc) is 2.01. The van der Waals surface area contributed by atoms with E-state index in [1.54, 1.807) is 0 Å². The lowest BCUT2D eigenvalue weighted by atomic mass is 9.89. The zero-order valence-electron chi connectivity index (χ0n) is 10.5. The molecule has 1 heteroatoms. The number of carbonyl (C=O) groups is 1. The summed E-state index contributed by atoms with van der Waals surface area (Å²) in [6.45, 7) is 10.8. The first-order valence-electron chi connectivity index (χ1n) is 5.85. The first-order chi connectivity index (χ1) is 6.33. The van der Waals surface area contributed by atoms with Crippen LogP contribution in [0.2, 0.25) is 0 Å². The predicted molar refractivity (Wildman–Crippen MR) is 62.4 cm³/mol. The molecule has 0 radical (unpaired) electrons. The van der Waals surface area contributed by atoms with Crippen LogP contribution in [-0.4, -0.2) is 5.78 Å². The lowest BCUT2D eigenvalue weighted by Crippen LogP contribution is -2.07. The van der Waals surface area contributed by atoms with Crippen LogP contribution in [0.3, 0.4) is 0 Å². The van der Waals surface area contributed by atoms with Crippen LogP contribution in [0.5, 0.6) is 0 Å². The Kier molecular flexibility index (Phi) is 6.06. The second-order valence-corrected chi connectivity index (χ2v) is 5.74. The zero-order chi connectivity index (χ0) is 11.2. The van der Waals surface area contributed by atoms with Crippen molar-refractivity contribution in [3.8, 4) is 0 Å². The van der Waals surface area contributed by atoms with E-state index in [0.29, 0.717) is 11.2 Å². The van der Waals surface area contributed by atoms with E-state index in [-0.39, 0.29) is 5.92 Å². The van der Waals surface area contributed by atoms with Gasteiger partial charge in [-0.15, -0.1) is 0 Å². The molecule has 14 heavy (non-hydrogen) atoms. The molecule has 0 unspecified atom stereocenters. The van der Waals surface area contributed by atoms with Crippen LogP contribution in [0.15, 0.2) is 0 Å². The Morgan fingerprint density at radius 2 is 1.64 bits per heavy atom. The number of rotatable bonds is 6. The minimum absolute atomic E-state index is 0.220. The van der Waals surface area contributed by atoms with E-state index in [2.05, 4.69) is 20.8 Å². The minimum atomic E-state index is 0.220. The van der Waals surface area contributed by atoms with Gasteiger partial charge in [-0.2, -0.15) is 0 Å². The molecule has 0 saturated heterocycles. The number of unbranched alkanes of at least 4 members (excludes halogenated alkanes) is 2. The minimum Gasteiger partial charge on any atom is -0.299 e. The third-order valence-corrected chi connectivity index (χ3v) is 2.49. The van der Waals surface area contributed by atoms with Crippen LogP contribution in [-0.2, 0) is 4.79 Å². The molecular weight excluding hydrogens is 172 g/mol. The standard InChI is InChI=1S/C13H26O/c1-11(2)12(14)9-7-6-8-10-13(3,4)5/h11H,6-10H2,1-5H3. The fourth-order valence-corrected chi connectivity index (χ4v) is 1.42. The van der Waals surface area contributed by atoms with E-state index < -0.39 is 0 Å². The van der Waals surface area contributed by atoms with Gasteiger partial charge in [-0.3, -0.25) is 4.79 Å². The highest BCUT2D eigenvalue weighted by atomic mass is 16.1. The van der Waals surface area contributed by atoms with E-state index in [0.717, 1.165) is 12.8 Å². The maximum atomic E-state index is 11.3. The predicted octanol–water partition coefficient (Wildman–Crippen LogP) is 4.21. The molecule has 0 atom stereocenters. The van der Waals surface area contributed by atoms with Gasteiger partial charge in [0.25, 0.3) is 0 Å². The summed E-state index contributed by atoms with van der Waals surface area (Å²) in [5.74, 6) is 0.637. The van der Waals surface area contributed by atoms with Crippen molar-refractivity contribution in [2.45, 2.75) is 66.7 Å². The van der Waals surface area contributed by atoms with Crippen molar-refractivity contribution in [3.63, 3.8) is 0 Å². The molecule has 0 saturated carbocycles. The van der Waals surface area contributed by atoms with E-state index in [1.165, 1.54) is 19.3 Å². The average molecular weight is 198 g/mol. The molecule has 0 aliphatic rings. The van der Waals surface area contributed by atoms with Crippen molar-refractivity contribution < 1.29 is 4.79 Å². The van der Waals surface area contributed by atoms with Gasteiger partial charge in [-0.05, 0) is 18.3 Å². The van der Waals surface area contributed by atoms with E-state index in [4.69, 9.17) is 0 Å². The van der Waals surface area contributed by atoms with Crippen LogP contribution in [0.1, 0.15) is 66.7 Å². The Balaban J connectivity index is 3.35. The first-order valence-corrected chi connectivity index (χ1v) is 5.85. The molecule has 1 nitrogen and oxygen atoms in total. The fourth-order valence-electron chi connectivity index (χ4n) is 1.42. The smallest absolute Gasteiger partial charge is 0.135 e. The fraction of sp³-hybridized carbons (Fsp3) is 0.923. The SMILES string of the molecule is CC(C)C(=O)CCCCCC(C)(C)C. The molecular formula is C13H26O. The van der Waals surface area contributed by atoms with Gasteiger partial charge in [0, 0.05) is 12.3 Å². The molecule has 0 spiro atoms. The number of hydrogen-bond donors (Lipinski definition) is 0. The molecule has 0 aromatic heterocycles. The maximum absolute atomic E-state index is 11.3. The lowest BCUT2D eigenvalue weighted by Gasteiger charge is -2.17. The number of carbonyl (C=O) groups excluding carboxylic acids is 1. The Morgan fingerprint density at radius 1 is 1.07 bits per heavy atom. The molecule has 0 aromatic rings. The largest absolute Gasteiger partial charge is 0.299 e. The molecule has 0 fully saturated rings. The maximum Gasteiger partial charge on any atom is 0.135 e. The lowest BCUT2D eigenvalue weighted by molar-refractivity contribution is -0.122. The van der Waals surface area contributed by atoms with Gasteiger partial charge in [0.1, 0.15) is 5.78 Å². The third kappa shape index (κ3) is 8.28. The molecule has 0 N–H and O–H groups in total. The van der Waals surface area contributed by atoms with Gasteiger partial charge < -0.3 is 0 Å². The van der Waals surface area contributed by atoms with Crippen molar-refractivity contribution in [1.82, 2.24) is 0 Å². The van der Waals surface area contributed by atoms with Crippen LogP contribution >= 0.6 is 0 Å². The monoisotopic (exact) mass is 198 g/mol. The van der Waals surface area contributed by atoms with Crippen LogP contribution in [0, 0.1) is 11.3 Å². The van der Waals surface area contributed by atoms with Crippen molar-refractivity contribution in [2.75, 3.05) is 0 Å². The highest BCUT2D eigenvalue weighted by Crippen LogP contribution is 2.22.